The minimum absolute atomic E-state index is 0.0736. The van der Waals surface area contributed by atoms with Crippen molar-refractivity contribution in [2.75, 3.05) is 7.11 Å². The molecule has 0 bridgehead atoms. The Bertz CT molecular complexity index is 489. The number of ether oxygens (including phenoxy) is 1. The predicted molar refractivity (Wildman–Crippen MR) is 72.3 cm³/mol. The molecule has 1 aromatic carbocycles. The van der Waals surface area contributed by atoms with E-state index in [1.807, 2.05) is 0 Å². The van der Waals surface area contributed by atoms with Crippen LogP contribution in [0.2, 0.25) is 0 Å². The van der Waals surface area contributed by atoms with Gasteiger partial charge in [-0.1, -0.05) is 0 Å². The van der Waals surface area contributed by atoms with E-state index in [1.165, 1.54) is 19.2 Å². The second-order valence-corrected chi connectivity index (χ2v) is 5.35. The number of hydrogen-bond donors (Lipinski definition) is 2. The molecule has 0 spiro atoms. The van der Waals surface area contributed by atoms with Gasteiger partial charge in [0.25, 0.3) is 0 Å². The van der Waals surface area contributed by atoms with Gasteiger partial charge in [-0.3, -0.25) is 4.79 Å². The maximum Gasteiger partial charge on any atom is 0.223 e. The molecule has 1 fully saturated rings. The van der Waals surface area contributed by atoms with Crippen LogP contribution < -0.4 is 5.32 Å². The zero-order valence-corrected chi connectivity index (χ0v) is 11.8. The summed E-state index contributed by atoms with van der Waals surface area (Å²) in [6, 6.07) is 3.16. The normalized spacial score (nSPS) is 25.6. The van der Waals surface area contributed by atoms with Crippen LogP contribution in [0.4, 0.5) is 8.78 Å². The van der Waals surface area contributed by atoms with Gasteiger partial charge < -0.3 is 15.2 Å². The summed E-state index contributed by atoms with van der Waals surface area (Å²) >= 11 is 0. The molecule has 1 saturated carbocycles. The Morgan fingerprint density at radius 2 is 2.00 bits per heavy atom. The Labute approximate surface area is 122 Å². The zero-order chi connectivity index (χ0) is 15.4. The third kappa shape index (κ3) is 4.22. The van der Waals surface area contributed by atoms with Crippen LogP contribution in [0.25, 0.3) is 0 Å². The van der Waals surface area contributed by atoms with Crippen LogP contribution in [0.3, 0.4) is 0 Å². The molecule has 21 heavy (non-hydrogen) atoms. The molecule has 6 heteroatoms. The first-order valence-corrected chi connectivity index (χ1v) is 6.93. The molecular weight excluding hydrogens is 280 g/mol. The first-order valence-electron chi connectivity index (χ1n) is 6.93. The Morgan fingerprint density at radius 3 is 2.62 bits per heavy atom. The zero-order valence-electron chi connectivity index (χ0n) is 11.8. The van der Waals surface area contributed by atoms with Gasteiger partial charge in [0.2, 0.25) is 5.91 Å². The van der Waals surface area contributed by atoms with Gasteiger partial charge >= 0.3 is 0 Å². The average molecular weight is 299 g/mol. The van der Waals surface area contributed by atoms with E-state index in [0.29, 0.717) is 24.8 Å². The van der Waals surface area contributed by atoms with E-state index in [1.54, 1.807) is 0 Å². The quantitative estimate of drug-likeness (QED) is 0.890. The molecule has 0 aromatic heterocycles. The smallest absolute Gasteiger partial charge is 0.223 e. The molecule has 1 aliphatic carbocycles. The summed E-state index contributed by atoms with van der Waals surface area (Å²) in [6.07, 6.45) is 0.633. The lowest BCUT2D eigenvalue weighted by Crippen LogP contribution is -2.41. The predicted octanol–water partition coefficient (Wildman–Crippen LogP) is 1.76. The number of benzene rings is 1. The van der Waals surface area contributed by atoms with Crippen molar-refractivity contribution in [3.63, 3.8) is 0 Å². The van der Waals surface area contributed by atoms with Gasteiger partial charge in [-0.15, -0.1) is 0 Å². The molecule has 0 radical (unpaired) electrons. The molecule has 0 saturated heterocycles. The second kappa shape index (κ2) is 6.95. The molecule has 3 atom stereocenters. The van der Waals surface area contributed by atoms with Crippen molar-refractivity contribution in [2.45, 2.75) is 38.0 Å². The topological polar surface area (TPSA) is 58.6 Å². The Morgan fingerprint density at radius 1 is 1.33 bits per heavy atom. The van der Waals surface area contributed by atoms with Gasteiger partial charge in [0, 0.05) is 25.6 Å². The SMILES string of the molecule is CO[C@@H]1C[C@H](C(=O)NCc2cc(F)cc(F)c2)CC[C@@H]1O. The largest absolute Gasteiger partial charge is 0.390 e. The number of nitrogens with one attached hydrogen (secondary N) is 1. The van der Waals surface area contributed by atoms with Gasteiger partial charge in [-0.05, 0) is 37.0 Å². The van der Waals surface area contributed by atoms with Crippen molar-refractivity contribution in [1.29, 1.82) is 0 Å². The molecule has 1 aliphatic rings. The van der Waals surface area contributed by atoms with Gasteiger partial charge in [-0.2, -0.15) is 0 Å². The fourth-order valence-electron chi connectivity index (χ4n) is 2.65. The third-order valence-electron chi connectivity index (χ3n) is 3.82. The van der Waals surface area contributed by atoms with Crippen LogP contribution in [0.1, 0.15) is 24.8 Å². The van der Waals surface area contributed by atoms with Gasteiger partial charge in [0.1, 0.15) is 11.6 Å². The Kier molecular flexibility index (Phi) is 5.25. The molecule has 0 unspecified atom stereocenters. The van der Waals surface area contributed by atoms with Crippen LogP contribution in [-0.4, -0.2) is 30.3 Å². The Balaban J connectivity index is 1.89. The van der Waals surface area contributed by atoms with Crippen molar-refractivity contribution in [3.05, 3.63) is 35.4 Å². The highest BCUT2D eigenvalue weighted by Gasteiger charge is 2.32. The summed E-state index contributed by atoms with van der Waals surface area (Å²) in [6.45, 7) is 0.0736. The molecule has 0 heterocycles. The van der Waals surface area contributed by atoms with E-state index in [9.17, 15) is 18.7 Å². The van der Waals surface area contributed by atoms with E-state index in [2.05, 4.69) is 5.32 Å². The number of carbonyl (C=O) groups excluding carboxylic acids is 1. The van der Waals surface area contributed by atoms with Crippen molar-refractivity contribution >= 4 is 5.91 Å². The van der Waals surface area contributed by atoms with Crippen molar-refractivity contribution in [1.82, 2.24) is 5.32 Å². The van der Waals surface area contributed by atoms with Crippen molar-refractivity contribution in [2.24, 2.45) is 5.92 Å². The lowest BCUT2D eigenvalue weighted by Gasteiger charge is -2.31. The summed E-state index contributed by atoms with van der Waals surface area (Å²) in [5.41, 5.74) is 0.375. The molecular formula is C15H19F2NO3. The average Bonchev–Trinajstić information content (AvgIpc) is 2.44. The van der Waals surface area contributed by atoms with E-state index >= 15 is 0 Å². The van der Waals surface area contributed by atoms with Crippen LogP contribution in [0.5, 0.6) is 0 Å². The monoisotopic (exact) mass is 299 g/mol. The molecule has 4 nitrogen and oxygen atoms in total. The van der Waals surface area contributed by atoms with Crippen molar-refractivity contribution < 1.29 is 23.4 Å². The number of aliphatic hydroxyl groups excluding tert-OH is 1. The third-order valence-corrected chi connectivity index (χ3v) is 3.82. The fourth-order valence-corrected chi connectivity index (χ4v) is 2.65. The number of aliphatic hydroxyl groups is 1. The van der Waals surface area contributed by atoms with Gasteiger partial charge in [0.15, 0.2) is 0 Å². The molecule has 0 aliphatic heterocycles. The summed E-state index contributed by atoms with van der Waals surface area (Å²) in [7, 11) is 1.50. The van der Waals surface area contributed by atoms with Crippen LogP contribution in [0, 0.1) is 17.6 Å². The number of methoxy groups -OCH3 is 1. The lowest BCUT2D eigenvalue weighted by atomic mass is 9.84. The maximum atomic E-state index is 13.1. The Hall–Kier alpha value is -1.53. The van der Waals surface area contributed by atoms with Crippen molar-refractivity contribution in [3.8, 4) is 0 Å². The molecule has 116 valence electrons. The van der Waals surface area contributed by atoms with Gasteiger partial charge in [0.05, 0.1) is 12.2 Å². The van der Waals surface area contributed by atoms with E-state index < -0.39 is 17.7 Å². The summed E-state index contributed by atoms with van der Waals surface area (Å²) in [5.74, 6) is -1.77. The number of amides is 1. The summed E-state index contributed by atoms with van der Waals surface area (Å²) in [4.78, 5) is 12.1. The maximum absolute atomic E-state index is 13.1. The minimum Gasteiger partial charge on any atom is -0.390 e. The number of carbonyl (C=O) groups is 1. The lowest BCUT2D eigenvalue weighted by molar-refractivity contribution is -0.130. The molecule has 1 amide bonds. The standard InChI is InChI=1S/C15H19F2NO3/c1-21-14-6-10(2-3-13(14)19)15(20)18-8-9-4-11(16)7-12(17)5-9/h4-5,7,10,13-14,19H,2-3,6,8H2,1H3,(H,18,20)/t10-,13+,14-/m1/s1. The highest BCUT2D eigenvalue weighted by Crippen LogP contribution is 2.26. The van der Waals surface area contributed by atoms with Crippen LogP contribution in [-0.2, 0) is 16.1 Å². The molecule has 2 rings (SSSR count). The number of halogens is 2. The van der Waals surface area contributed by atoms with E-state index in [0.717, 1.165) is 6.07 Å². The summed E-state index contributed by atoms with van der Waals surface area (Å²) < 4.78 is 31.2. The number of rotatable bonds is 4. The first kappa shape index (κ1) is 15.9. The first-order chi connectivity index (χ1) is 9.99. The minimum atomic E-state index is -0.667. The van der Waals surface area contributed by atoms with E-state index in [4.69, 9.17) is 4.74 Å². The summed E-state index contributed by atoms with van der Waals surface area (Å²) in [5, 5.41) is 12.4. The second-order valence-electron chi connectivity index (χ2n) is 5.35. The number of hydrogen-bond acceptors (Lipinski definition) is 3. The van der Waals surface area contributed by atoms with E-state index in [-0.39, 0.29) is 24.5 Å². The van der Waals surface area contributed by atoms with Gasteiger partial charge in [-0.25, -0.2) is 8.78 Å². The van der Waals surface area contributed by atoms with Crippen LogP contribution in [0.15, 0.2) is 18.2 Å². The fraction of sp³-hybridized carbons (Fsp3) is 0.533. The molecule has 1 aromatic rings. The molecule has 2 N–H and O–H groups in total. The highest BCUT2D eigenvalue weighted by atomic mass is 19.1. The highest BCUT2D eigenvalue weighted by molar-refractivity contribution is 5.78. The van der Waals surface area contributed by atoms with Crippen LogP contribution >= 0.6 is 0 Å².